The van der Waals surface area contributed by atoms with Crippen LogP contribution in [0.2, 0.25) is 0 Å². The van der Waals surface area contributed by atoms with E-state index in [0.29, 0.717) is 29.0 Å². The Bertz CT molecular complexity index is 1570. The zero-order valence-electron chi connectivity index (χ0n) is 20.3. The lowest BCUT2D eigenvalue weighted by molar-refractivity contribution is -0.151. The lowest BCUT2D eigenvalue weighted by Gasteiger charge is -2.39. The number of halogens is 4. The van der Waals surface area contributed by atoms with Gasteiger partial charge in [-0.05, 0) is 25.2 Å². The number of rotatable bonds is 4. The lowest BCUT2D eigenvalue weighted by atomic mass is 10.1. The Labute approximate surface area is 213 Å². The van der Waals surface area contributed by atoms with Crippen LogP contribution in [-0.4, -0.2) is 73.2 Å². The average molecular weight is 530 g/mol. The Morgan fingerprint density at radius 3 is 2.55 bits per heavy atom. The molecular formula is C24H22F4N8O2. The van der Waals surface area contributed by atoms with Crippen LogP contribution in [0.5, 0.6) is 0 Å². The summed E-state index contributed by atoms with van der Waals surface area (Å²) in [6.45, 7) is 0.185. The number of alkyl halides is 3. The predicted molar refractivity (Wildman–Crippen MR) is 129 cm³/mol. The van der Waals surface area contributed by atoms with Crippen LogP contribution in [0.15, 0.2) is 36.7 Å². The molecule has 0 radical (unpaired) electrons. The van der Waals surface area contributed by atoms with E-state index >= 15 is 4.39 Å². The largest absolute Gasteiger partial charge is 0.417 e. The van der Waals surface area contributed by atoms with Gasteiger partial charge in [0.2, 0.25) is 0 Å². The molecule has 1 aliphatic rings. The van der Waals surface area contributed by atoms with E-state index in [2.05, 4.69) is 15.1 Å². The number of pyridine rings is 2. The number of hydrogen-bond donors (Lipinski definition) is 1. The van der Waals surface area contributed by atoms with E-state index in [9.17, 15) is 22.8 Å². The van der Waals surface area contributed by atoms with Crippen molar-refractivity contribution in [3.05, 3.63) is 59.3 Å². The second-order valence-corrected chi connectivity index (χ2v) is 9.03. The van der Waals surface area contributed by atoms with Gasteiger partial charge in [0.1, 0.15) is 11.6 Å². The van der Waals surface area contributed by atoms with E-state index in [1.807, 2.05) is 0 Å². The summed E-state index contributed by atoms with van der Waals surface area (Å²) in [7, 11) is 3.40. The average Bonchev–Trinajstić information content (AvgIpc) is 3.24. The van der Waals surface area contributed by atoms with Crippen molar-refractivity contribution >= 4 is 39.4 Å². The van der Waals surface area contributed by atoms with Gasteiger partial charge in [0.05, 0.1) is 59.1 Å². The van der Waals surface area contributed by atoms with E-state index < -0.39 is 29.4 Å². The van der Waals surface area contributed by atoms with Crippen LogP contribution in [0.3, 0.4) is 0 Å². The van der Waals surface area contributed by atoms with Crippen LogP contribution >= 0.6 is 0 Å². The number of piperazine rings is 1. The van der Waals surface area contributed by atoms with Gasteiger partial charge in [-0.3, -0.25) is 24.2 Å². The minimum Gasteiger partial charge on any atom is -0.383 e. The lowest BCUT2D eigenvalue weighted by Crippen LogP contribution is -2.57. The number of anilines is 1. The predicted octanol–water partition coefficient (Wildman–Crippen LogP) is 2.59. The first-order valence-electron chi connectivity index (χ1n) is 11.5. The standard InChI is InChI=1S/C24H22F4N8O2/c1-33-5-6-35(20(37)12-33)36(11-14-4-3-13(9-30-14)24(26,27)28)23(38)15-7-16-19(8-18(15)25)32-22(29)17-10-31-34(2)21(16)17/h3-4,7-10H,5-6,11-12H2,1-2H3,(H2,29,32). The van der Waals surface area contributed by atoms with Crippen molar-refractivity contribution in [1.82, 2.24) is 34.7 Å². The molecule has 1 saturated heterocycles. The molecule has 3 aromatic heterocycles. The first-order chi connectivity index (χ1) is 17.9. The van der Waals surface area contributed by atoms with Crippen LogP contribution in [0.25, 0.3) is 21.8 Å². The molecular weight excluding hydrogens is 508 g/mol. The molecule has 2 amide bonds. The third-order valence-corrected chi connectivity index (χ3v) is 6.40. The van der Waals surface area contributed by atoms with Gasteiger partial charge in [0, 0.05) is 31.2 Å². The summed E-state index contributed by atoms with van der Waals surface area (Å²) >= 11 is 0. The summed E-state index contributed by atoms with van der Waals surface area (Å²) < 4.78 is 55.9. The minimum atomic E-state index is -4.59. The molecule has 2 N–H and O–H groups in total. The SMILES string of the molecule is CN1CCN(N(Cc2ccc(C(F)(F)F)cn2)C(=O)c2cc3c(cc2F)nc(N)c2cnn(C)c23)C(=O)C1. The van der Waals surface area contributed by atoms with Crippen molar-refractivity contribution in [2.24, 2.45) is 7.05 Å². The van der Waals surface area contributed by atoms with Crippen molar-refractivity contribution in [3.8, 4) is 0 Å². The second-order valence-electron chi connectivity index (χ2n) is 9.03. The molecule has 0 aliphatic carbocycles. The number of hydrazine groups is 1. The molecule has 0 spiro atoms. The molecule has 0 bridgehead atoms. The van der Waals surface area contributed by atoms with Crippen LogP contribution < -0.4 is 5.73 Å². The quantitative estimate of drug-likeness (QED) is 0.404. The third-order valence-electron chi connectivity index (χ3n) is 6.40. The number of carbonyl (C=O) groups excluding carboxylic acids is 2. The first-order valence-corrected chi connectivity index (χ1v) is 11.5. The zero-order valence-corrected chi connectivity index (χ0v) is 20.3. The normalized spacial score (nSPS) is 15.0. The fraction of sp³-hybridized carbons (Fsp3) is 0.292. The maximum atomic E-state index is 15.3. The summed E-state index contributed by atoms with van der Waals surface area (Å²) in [5.41, 5.74) is 5.51. The number of aryl methyl sites for hydroxylation is 1. The smallest absolute Gasteiger partial charge is 0.383 e. The van der Waals surface area contributed by atoms with Gasteiger partial charge in [0.15, 0.2) is 0 Å². The number of nitrogens with two attached hydrogens (primary N) is 1. The Kier molecular flexibility index (Phi) is 6.13. The molecule has 4 aromatic rings. The van der Waals surface area contributed by atoms with Crippen molar-refractivity contribution in [3.63, 3.8) is 0 Å². The van der Waals surface area contributed by atoms with E-state index in [1.54, 1.807) is 19.0 Å². The number of nitrogen functional groups attached to an aromatic ring is 1. The van der Waals surface area contributed by atoms with Crippen molar-refractivity contribution in [2.45, 2.75) is 12.7 Å². The van der Waals surface area contributed by atoms with E-state index in [1.165, 1.54) is 22.0 Å². The van der Waals surface area contributed by atoms with Crippen molar-refractivity contribution < 1.29 is 27.2 Å². The number of benzene rings is 1. The molecule has 0 unspecified atom stereocenters. The fourth-order valence-electron chi connectivity index (χ4n) is 4.43. The van der Waals surface area contributed by atoms with Crippen molar-refractivity contribution in [1.29, 1.82) is 0 Å². The Morgan fingerprint density at radius 2 is 1.89 bits per heavy atom. The Hall–Kier alpha value is -4.33. The van der Waals surface area contributed by atoms with Gasteiger partial charge in [-0.2, -0.15) is 18.3 Å². The molecule has 38 heavy (non-hydrogen) atoms. The highest BCUT2D eigenvalue weighted by Crippen LogP contribution is 2.31. The van der Waals surface area contributed by atoms with Crippen LogP contribution in [0.1, 0.15) is 21.6 Å². The molecule has 0 atom stereocenters. The monoisotopic (exact) mass is 530 g/mol. The van der Waals surface area contributed by atoms with Crippen LogP contribution in [-0.2, 0) is 24.6 Å². The molecule has 1 aliphatic heterocycles. The maximum Gasteiger partial charge on any atom is 0.417 e. The highest BCUT2D eigenvalue weighted by Gasteiger charge is 2.34. The molecule has 14 heteroatoms. The molecule has 1 aromatic carbocycles. The number of hydrogen-bond acceptors (Lipinski definition) is 7. The van der Waals surface area contributed by atoms with Gasteiger partial charge in [-0.15, -0.1) is 0 Å². The Morgan fingerprint density at radius 1 is 1.13 bits per heavy atom. The van der Waals surface area contributed by atoms with Gasteiger partial charge < -0.3 is 5.73 Å². The number of aromatic nitrogens is 4. The van der Waals surface area contributed by atoms with Crippen molar-refractivity contribution in [2.75, 3.05) is 32.4 Å². The molecule has 5 rings (SSSR count). The second kappa shape index (κ2) is 9.20. The summed E-state index contributed by atoms with van der Waals surface area (Å²) in [6, 6.07) is 4.35. The van der Waals surface area contributed by atoms with Gasteiger partial charge in [-0.1, -0.05) is 0 Å². The summed E-state index contributed by atoms with van der Waals surface area (Å²) in [5, 5.41) is 7.29. The Balaban J connectivity index is 1.59. The van der Waals surface area contributed by atoms with Gasteiger partial charge in [-0.25, -0.2) is 19.4 Å². The van der Waals surface area contributed by atoms with E-state index in [0.717, 1.165) is 23.2 Å². The third kappa shape index (κ3) is 4.47. The van der Waals surface area contributed by atoms with Gasteiger partial charge in [0.25, 0.3) is 11.8 Å². The molecule has 4 heterocycles. The zero-order chi connectivity index (χ0) is 27.4. The number of amides is 2. The molecule has 1 fully saturated rings. The molecule has 198 valence electrons. The number of fused-ring (bicyclic) bond motifs is 3. The van der Waals surface area contributed by atoms with Crippen LogP contribution in [0.4, 0.5) is 23.4 Å². The topological polar surface area (TPSA) is 113 Å². The summed E-state index contributed by atoms with van der Waals surface area (Å²) in [5.74, 6) is -2.04. The number of nitrogens with zero attached hydrogens (tertiary/aromatic N) is 7. The fourth-order valence-corrected chi connectivity index (χ4v) is 4.43. The van der Waals surface area contributed by atoms with E-state index in [4.69, 9.17) is 5.73 Å². The van der Waals surface area contributed by atoms with Gasteiger partial charge >= 0.3 is 6.18 Å². The minimum absolute atomic E-state index is 0.00324. The molecule has 10 nitrogen and oxygen atoms in total. The highest BCUT2D eigenvalue weighted by molar-refractivity contribution is 6.10. The number of carbonyl (C=O) groups is 2. The summed E-state index contributed by atoms with van der Waals surface area (Å²) in [6.07, 6.45) is -2.43. The summed E-state index contributed by atoms with van der Waals surface area (Å²) in [4.78, 5) is 36.5. The highest BCUT2D eigenvalue weighted by atomic mass is 19.4. The maximum absolute atomic E-state index is 15.3. The van der Waals surface area contributed by atoms with Crippen LogP contribution in [0, 0.1) is 5.82 Å². The number of likely N-dealkylation sites (N-methyl/N-ethyl adjacent to an activating group) is 1. The first kappa shape index (κ1) is 25.3. The molecule has 0 saturated carbocycles. The van der Waals surface area contributed by atoms with E-state index in [-0.39, 0.29) is 42.2 Å².